The van der Waals surface area contributed by atoms with Crippen molar-refractivity contribution in [2.24, 2.45) is 0 Å². The van der Waals surface area contributed by atoms with Crippen LogP contribution in [0.15, 0.2) is 48.5 Å². The first-order valence-corrected chi connectivity index (χ1v) is 9.59. The molecule has 2 aromatic carbocycles. The Labute approximate surface area is 161 Å². The highest BCUT2D eigenvalue weighted by atomic mass is 79.9. The Morgan fingerprint density at radius 1 is 1.12 bits per heavy atom. The quantitative estimate of drug-likeness (QED) is 0.569. The average Bonchev–Trinajstić information content (AvgIpc) is 2.60. The van der Waals surface area contributed by atoms with E-state index >= 15 is 0 Å². The zero-order chi connectivity index (χ0) is 18.1. The Bertz CT molecular complexity index is 682. The van der Waals surface area contributed by atoms with E-state index in [1.165, 1.54) is 10.5 Å². The molecule has 0 spiro atoms. The number of nitrogens with zero attached hydrogens (tertiary/aromatic N) is 1. The molecule has 0 aromatic heterocycles. The minimum Gasteiger partial charge on any atom is -0.490 e. The first-order chi connectivity index (χ1) is 12.1. The second-order valence-corrected chi connectivity index (χ2v) is 6.79. The molecule has 2 aromatic rings. The molecule has 0 saturated heterocycles. The monoisotopic (exact) mass is 425 g/mol. The summed E-state index contributed by atoms with van der Waals surface area (Å²) >= 11 is 9.60. The second kappa shape index (κ2) is 10.3. The number of benzene rings is 2. The second-order valence-electron chi connectivity index (χ2n) is 5.59. The van der Waals surface area contributed by atoms with Gasteiger partial charge in [0.25, 0.3) is 0 Å². The maximum absolute atomic E-state index is 11.2. The number of alkyl halides is 1. The third-order valence-corrected chi connectivity index (χ3v) is 4.55. The summed E-state index contributed by atoms with van der Waals surface area (Å²) in [7, 11) is 0. The van der Waals surface area contributed by atoms with Gasteiger partial charge in [0.15, 0.2) is 0 Å². The molecule has 1 N–H and O–H groups in total. The van der Waals surface area contributed by atoms with Gasteiger partial charge in [0.2, 0.25) is 0 Å². The highest BCUT2D eigenvalue weighted by Gasteiger charge is 2.11. The van der Waals surface area contributed by atoms with E-state index in [1.54, 1.807) is 0 Å². The van der Waals surface area contributed by atoms with Crippen molar-refractivity contribution in [1.82, 2.24) is 4.90 Å². The SMILES string of the molecule is O=C(O)N(CCCBr)CCOc1ccc(Cc2ccccc2)cc1Cl. The highest BCUT2D eigenvalue weighted by molar-refractivity contribution is 9.09. The van der Waals surface area contributed by atoms with Crippen molar-refractivity contribution in [1.29, 1.82) is 0 Å². The third kappa shape index (κ3) is 6.59. The van der Waals surface area contributed by atoms with Gasteiger partial charge in [-0.15, -0.1) is 0 Å². The molecular formula is C19H21BrClNO3. The van der Waals surface area contributed by atoms with E-state index in [-0.39, 0.29) is 6.61 Å². The van der Waals surface area contributed by atoms with Crippen LogP contribution in [-0.4, -0.2) is 41.1 Å². The van der Waals surface area contributed by atoms with Gasteiger partial charge in [0, 0.05) is 11.9 Å². The van der Waals surface area contributed by atoms with E-state index in [9.17, 15) is 4.79 Å². The van der Waals surface area contributed by atoms with E-state index in [1.807, 2.05) is 36.4 Å². The molecule has 0 aliphatic heterocycles. The van der Waals surface area contributed by atoms with Crippen molar-refractivity contribution in [3.63, 3.8) is 0 Å². The topological polar surface area (TPSA) is 49.8 Å². The first-order valence-electron chi connectivity index (χ1n) is 8.09. The summed E-state index contributed by atoms with van der Waals surface area (Å²) in [5, 5.41) is 10.5. The molecule has 134 valence electrons. The van der Waals surface area contributed by atoms with Crippen molar-refractivity contribution in [3.8, 4) is 5.75 Å². The van der Waals surface area contributed by atoms with Crippen LogP contribution in [0.5, 0.6) is 5.75 Å². The molecule has 0 radical (unpaired) electrons. The lowest BCUT2D eigenvalue weighted by molar-refractivity contribution is 0.135. The van der Waals surface area contributed by atoms with Crippen LogP contribution in [0.1, 0.15) is 17.5 Å². The Balaban J connectivity index is 1.89. The molecule has 0 fully saturated rings. The maximum atomic E-state index is 11.2. The van der Waals surface area contributed by atoms with Gasteiger partial charge in [-0.05, 0) is 36.1 Å². The van der Waals surface area contributed by atoms with Crippen LogP contribution in [0.4, 0.5) is 4.79 Å². The molecule has 2 rings (SSSR count). The minimum atomic E-state index is -0.936. The van der Waals surface area contributed by atoms with Crippen molar-refractivity contribution in [2.45, 2.75) is 12.8 Å². The van der Waals surface area contributed by atoms with Gasteiger partial charge in [-0.1, -0.05) is 63.9 Å². The lowest BCUT2D eigenvalue weighted by Gasteiger charge is -2.19. The Morgan fingerprint density at radius 2 is 1.88 bits per heavy atom. The lowest BCUT2D eigenvalue weighted by Crippen LogP contribution is -2.34. The summed E-state index contributed by atoms with van der Waals surface area (Å²) in [4.78, 5) is 12.5. The van der Waals surface area contributed by atoms with Crippen LogP contribution in [0.2, 0.25) is 5.02 Å². The largest absolute Gasteiger partial charge is 0.490 e. The van der Waals surface area contributed by atoms with Crippen LogP contribution in [0.3, 0.4) is 0 Å². The lowest BCUT2D eigenvalue weighted by atomic mass is 10.1. The standard InChI is InChI=1S/C19H21BrClNO3/c20-9-4-10-22(19(23)24)11-12-25-18-8-7-16(14-17(18)21)13-15-5-2-1-3-6-15/h1-3,5-8,14H,4,9-13H2,(H,23,24). The van der Waals surface area contributed by atoms with E-state index in [0.29, 0.717) is 23.9 Å². The molecule has 0 heterocycles. The smallest absolute Gasteiger partial charge is 0.407 e. The zero-order valence-corrected chi connectivity index (χ0v) is 16.2. The molecule has 0 bridgehead atoms. The van der Waals surface area contributed by atoms with Crippen LogP contribution in [0.25, 0.3) is 0 Å². The molecule has 25 heavy (non-hydrogen) atoms. The van der Waals surface area contributed by atoms with Crippen molar-refractivity contribution in [2.75, 3.05) is 25.0 Å². The van der Waals surface area contributed by atoms with Crippen molar-refractivity contribution in [3.05, 3.63) is 64.7 Å². The molecule has 1 amide bonds. The van der Waals surface area contributed by atoms with Gasteiger partial charge in [0.1, 0.15) is 12.4 Å². The number of hydrogen-bond donors (Lipinski definition) is 1. The van der Waals surface area contributed by atoms with Crippen LogP contribution in [-0.2, 0) is 6.42 Å². The third-order valence-electron chi connectivity index (χ3n) is 3.70. The molecule has 4 nitrogen and oxygen atoms in total. The summed E-state index contributed by atoms with van der Waals surface area (Å²) < 4.78 is 5.65. The molecule has 0 atom stereocenters. The number of amides is 1. The van der Waals surface area contributed by atoms with Crippen LogP contribution < -0.4 is 4.74 Å². The fourth-order valence-electron chi connectivity index (χ4n) is 2.42. The molecule has 0 saturated carbocycles. The molecular weight excluding hydrogens is 406 g/mol. The van der Waals surface area contributed by atoms with E-state index in [2.05, 4.69) is 28.1 Å². The normalized spacial score (nSPS) is 10.5. The summed E-state index contributed by atoms with van der Waals surface area (Å²) in [5.41, 5.74) is 2.32. The van der Waals surface area contributed by atoms with Crippen LogP contribution in [0, 0.1) is 0 Å². The number of ether oxygens (including phenoxy) is 1. The van der Waals surface area contributed by atoms with Gasteiger partial charge in [-0.25, -0.2) is 4.79 Å². The Morgan fingerprint density at radius 3 is 2.52 bits per heavy atom. The van der Waals surface area contributed by atoms with Gasteiger partial charge in [0.05, 0.1) is 11.6 Å². The van der Waals surface area contributed by atoms with Gasteiger partial charge in [-0.2, -0.15) is 0 Å². The summed E-state index contributed by atoms with van der Waals surface area (Å²) in [6.07, 6.45) is 0.635. The first kappa shape index (κ1) is 19.6. The summed E-state index contributed by atoms with van der Waals surface area (Å²) in [6.45, 7) is 1.06. The molecule has 0 aliphatic carbocycles. The summed E-state index contributed by atoms with van der Waals surface area (Å²) in [5.74, 6) is 0.573. The molecule has 0 aliphatic rings. The fraction of sp³-hybridized carbons (Fsp3) is 0.316. The van der Waals surface area contributed by atoms with Gasteiger partial charge >= 0.3 is 6.09 Å². The van der Waals surface area contributed by atoms with Gasteiger partial charge < -0.3 is 14.7 Å². The Kier molecular flexibility index (Phi) is 8.09. The summed E-state index contributed by atoms with van der Waals surface area (Å²) in [6, 6.07) is 15.9. The zero-order valence-electron chi connectivity index (χ0n) is 13.8. The number of hydrogen-bond acceptors (Lipinski definition) is 2. The van der Waals surface area contributed by atoms with E-state index in [4.69, 9.17) is 21.4 Å². The fourth-order valence-corrected chi connectivity index (χ4v) is 2.93. The highest BCUT2D eigenvalue weighted by Crippen LogP contribution is 2.26. The molecule has 6 heteroatoms. The number of carbonyl (C=O) groups is 1. The number of halogens is 2. The van der Waals surface area contributed by atoms with Crippen molar-refractivity contribution < 1.29 is 14.6 Å². The van der Waals surface area contributed by atoms with E-state index in [0.717, 1.165) is 23.7 Å². The van der Waals surface area contributed by atoms with Crippen LogP contribution >= 0.6 is 27.5 Å². The predicted octanol–water partition coefficient (Wildman–Crippen LogP) is 5.07. The predicted molar refractivity (Wildman–Crippen MR) is 104 cm³/mol. The van der Waals surface area contributed by atoms with E-state index < -0.39 is 6.09 Å². The number of rotatable bonds is 9. The Hall–Kier alpha value is -1.72. The maximum Gasteiger partial charge on any atom is 0.407 e. The van der Waals surface area contributed by atoms with Crippen molar-refractivity contribution >= 4 is 33.6 Å². The van der Waals surface area contributed by atoms with Gasteiger partial charge in [-0.3, -0.25) is 0 Å². The number of carboxylic acid groups (broad SMARTS) is 1. The minimum absolute atomic E-state index is 0.270. The molecule has 0 unspecified atom stereocenters. The average molecular weight is 427 g/mol.